The van der Waals surface area contributed by atoms with Crippen molar-refractivity contribution in [3.8, 4) is 23.0 Å². The van der Waals surface area contributed by atoms with E-state index in [-0.39, 0.29) is 17.7 Å². The number of carbonyl (C=O) groups excluding carboxylic acids is 3. The number of rotatable bonds is 8. The number of halogens is 3. The van der Waals surface area contributed by atoms with Crippen LogP contribution in [0.25, 0.3) is 12.2 Å². The Kier molecular flexibility index (Phi) is 11.9. The highest BCUT2D eigenvalue weighted by Crippen LogP contribution is 2.34. The van der Waals surface area contributed by atoms with E-state index in [4.69, 9.17) is 28.8 Å². The number of hydrogen-bond donors (Lipinski definition) is 2. The predicted octanol–water partition coefficient (Wildman–Crippen LogP) is 3.52. The molecule has 0 unspecified atom stereocenters. The van der Waals surface area contributed by atoms with Crippen LogP contribution in [-0.2, 0) is 9.59 Å². The van der Waals surface area contributed by atoms with E-state index in [9.17, 15) is 22.8 Å². The minimum atomic E-state index is -5.19. The molecule has 244 valence electrons. The Morgan fingerprint density at radius 2 is 1.24 bits per heavy atom. The van der Waals surface area contributed by atoms with Crippen molar-refractivity contribution in [1.29, 1.82) is 0 Å². The molecular formula is C33H33F3N2O8. The lowest BCUT2D eigenvalue weighted by atomic mass is 9.83. The number of ether oxygens (including phenoxy) is 4. The first kappa shape index (κ1) is 35.2. The van der Waals surface area contributed by atoms with Crippen LogP contribution in [0.2, 0.25) is 0 Å². The number of aliphatic carboxylic acids is 1. The molecule has 1 aliphatic rings. The number of ketones is 1. The number of hydrogen-bond acceptors (Lipinski definition) is 8. The van der Waals surface area contributed by atoms with Crippen molar-refractivity contribution in [2.75, 3.05) is 28.4 Å². The maximum atomic E-state index is 13.7. The van der Waals surface area contributed by atoms with Gasteiger partial charge >= 0.3 is 6.18 Å². The summed E-state index contributed by atoms with van der Waals surface area (Å²) in [6.07, 6.45) is -0.774. The second kappa shape index (κ2) is 15.6. The van der Waals surface area contributed by atoms with Gasteiger partial charge in [-0.2, -0.15) is 13.2 Å². The molecule has 1 fully saturated rings. The Morgan fingerprint density at radius 3 is 1.63 bits per heavy atom. The van der Waals surface area contributed by atoms with Gasteiger partial charge in [-0.1, -0.05) is 24.3 Å². The van der Waals surface area contributed by atoms with Crippen molar-refractivity contribution in [1.82, 2.24) is 5.32 Å². The van der Waals surface area contributed by atoms with E-state index >= 15 is 0 Å². The molecule has 13 heteroatoms. The van der Waals surface area contributed by atoms with Crippen LogP contribution in [0.15, 0.2) is 71.8 Å². The minimum absolute atomic E-state index is 0.0809. The maximum absolute atomic E-state index is 13.7. The van der Waals surface area contributed by atoms with E-state index in [2.05, 4.69) is 11.1 Å². The van der Waals surface area contributed by atoms with E-state index in [1.54, 1.807) is 58.8 Å². The molecule has 0 atom stereocenters. The number of methoxy groups -OCH3 is 4. The number of nitrogens with one attached hydrogen (secondary N) is 1. The molecule has 0 radical (unpaired) electrons. The third kappa shape index (κ3) is 9.11. The second-order valence-corrected chi connectivity index (χ2v) is 9.92. The number of amides is 1. The summed E-state index contributed by atoms with van der Waals surface area (Å²) in [7, 11) is 6.28. The molecule has 0 spiro atoms. The van der Waals surface area contributed by atoms with Crippen molar-refractivity contribution >= 4 is 35.5 Å². The van der Waals surface area contributed by atoms with Crippen molar-refractivity contribution in [3.63, 3.8) is 0 Å². The van der Waals surface area contributed by atoms with E-state index in [0.29, 0.717) is 58.2 Å². The molecule has 4 rings (SSSR count). The average Bonchev–Trinajstić information content (AvgIpc) is 3.03. The second-order valence-electron chi connectivity index (χ2n) is 9.92. The molecule has 4 N–H and O–H groups in total. The molecule has 3 aromatic carbocycles. The van der Waals surface area contributed by atoms with Gasteiger partial charge in [-0.05, 0) is 72.5 Å². The Labute approximate surface area is 263 Å². The molecule has 0 aliphatic heterocycles. The zero-order valence-corrected chi connectivity index (χ0v) is 25.5. The zero-order chi connectivity index (χ0) is 34.0. The summed E-state index contributed by atoms with van der Waals surface area (Å²) >= 11 is 0. The number of Topliss-reactive ketones (excluding diaryl/α,β-unsaturated/α-hetero) is 1. The van der Waals surface area contributed by atoms with E-state index in [1.165, 1.54) is 0 Å². The van der Waals surface area contributed by atoms with Crippen molar-refractivity contribution in [2.24, 2.45) is 0 Å². The molecule has 0 saturated heterocycles. The Morgan fingerprint density at radius 1 is 0.804 bits per heavy atom. The fourth-order valence-electron chi connectivity index (χ4n) is 4.64. The average molecular weight is 643 g/mol. The van der Waals surface area contributed by atoms with Crippen LogP contribution in [-0.4, -0.2) is 58.3 Å². The van der Waals surface area contributed by atoms with Crippen molar-refractivity contribution < 1.29 is 57.3 Å². The zero-order valence-electron chi connectivity index (χ0n) is 25.5. The number of benzene rings is 3. The quantitative estimate of drug-likeness (QED) is 0.355. The summed E-state index contributed by atoms with van der Waals surface area (Å²) in [6, 6.07) is 17.8. The van der Waals surface area contributed by atoms with Gasteiger partial charge in [-0.25, -0.2) is 0 Å². The maximum Gasteiger partial charge on any atom is 0.430 e. The lowest BCUT2D eigenvalue weighted by Gasteiger charge is -2.27. The van der Waals surface area contributed by atoms with E-state index in [0.717, 1.165) is 11.1 Å². The van der Waals surface area contributed by atoms with Crippen LogP contribution in [0.3, 0.4) is 0 Å². The minimum Gasteiger partial charge on any atom is -0.542 e. The SMILES string of the molecule is COc1ccc(/C=C2\CC(NC(=O)c3ccccc3[NH3+])C/C(=C\c3ccc(OC)c(OC)c3)C2=O)cc1OC.O=C([O-])C(F)(F)F. The van der Waals surface area contributed by atoms with Crippen LogP contribution in [0, 0.1) is 0 Å². The van der Waals surface area contributed by atoms with Crippen LogP contribution in [0.4, 0.5) is 18.9 Å². The highest BCUT2D eigenvalue weighted by atomic mass is 19.4. The largest absolute Gasteiger partial charge is 0.542 e. The molecule has 46 heavy (non-hydrogen) atoms. The number of quaternary nitrogens is 1. The summed E-state index contributed by atoms with van der Waals surface area (Å²) < 4.78 is 53.1. The van der Waals surface area contributed by atoms with Gasteiger partial charge in [-0.3, -0.25) is 9.59 Å². The number of alkyl halides is 3. The number of carboxylic acids is 1. The molecule has 0 heterocycles. The monoisotopic (exact) mass is 642 g/mol. The molecular weight excluding hydrogens is 609 g/mol. The summed E-state index contributed by atoms with van der Waals surface area (Å²) in [5.41, 5.74) is 7.85. The fraction of sp³-hybridized carbons (Fsp3) is 0.242. The summed E-state index contributed by atoms with van der Waals surface area (Å²) in [5.74, 6) is -0.992. The van der Waals surface area contributed by atoms with Gasteiger partial charge in [0.15, 0.2) is 28.8 Å². The molecule has 0 aromatic heterocycles. The molecule has 3 aromatic rings. The van der Waals surface area contributed by atoms with Gasteiger partial charge in [0.2, 0.25) is 0 Å². The molecule has 1 saturated carbocycles. The highest BCUT2D eigenvalue weighted by Gasteiger charge is 2.30. The lowest BCUT2D eigenvalue weighted by molar-refractivity contribution is -0.344. The third-order valence-electron chi connectivity index (χ3n) is 6.84. The van der Waals surface area contributed by atoms with Crippen LogP contribution >= 0.6 is 0 Å². The van der Waals surface area contributed by atoms with Crippen LogP contribution < -0.4 is 35.1 Å². The van der Waals surface area contributed by atoms with Gasteiger partial charge in [0.1, 0.15) is 11.7 Å². The van der Waals surface area contributed by atoms with Gasteiger partial charge in [0.05, 0.1) is 34.0 Å². The van der Waals surface area contributed by atoms with Crippen molar-refractivity contribution in [3.05, 3.63) is 88.5 Å². The van der Waals surface area contributed by atoms with Gasteiger partial charge in [0.25, 0.3) is 5.91 Å². The standard InChI is InChI=1S/C31H32N2O6.C2HF3O2/c1-36-26-11-9-19(15-28(26)38-3)13-21-17-23(33-31(35)24-7-5-6-8-25(24)32)18-22(30(21)34)14-20-10-12-27(37-2)29(16-20)39-4;3-2(4,5)1(6)7/h5-16,23H,17-18,32H2,1-4H3,(H,33,35);(H,6,7)/b21-13+,22-14+;. The van der Waals surface area contributed by atoms with Gasteiger partial charge < -0.3 is 39.9 Å². The summed E-state index contributed by atoms with van der Waals surface area (Å²) in [5, 5.41) is 11.9. The summed E-state index contributed by atoms with van der Waals surface area (Å²) in [6.45, 7) is 0. The first-order chi connectivity index (χ1) is 21.8. The topological polar surface area (TPSA) is 151 Å². The van der Waals surface area contributed by atoms with Gasteiger partial charge in [0, 0.05) is 17.2 Å². The predicted molar refractivity (Wildman–Crippen MR) is 161 cm³/mol. The Balaban J connectivity index is 0.000000738. The smallest absolute Gasteiger partial charge is 0.430 e. The Hall–Kier alpha value is -5.30. The third-order valence-corrected chi connectivity index (χ3v) is 6.84. The molecule has 1 aliphatic carbocycles. The van der Waals surface area contributed by atoms with Crippen LogP contribution in [0.1, 0.15) is 34.3 Å². The lowest BCUT2D eigenvalue weighted by Crippen LogP contribution is -2.45. The number of carboxylic acid groups (broad SMARTS) is 1. The first-order valence-corrected chi connectivity index (χ1v) is 13.7. The molecule has 10 nitrogen and oxygen atoms in total. The van der Waals surface area contributed by atoms with Gasteiger partial charge in [-0.15, -0.1) is 0 Å². The van der Waals surface area contributed by atoms with Crippen molar-refractivity contribution in [2.45, 2.75) is 25.1 Å². The molecule has 0 bridgehead atoms. The summed E-state index contributed by atoms with van der Waals surface area (Å²) in [4.78, 5) is 35.6. The number of carbonyl (C=O) groups is 3. The van der Waals surface area contributed by atoms with E-state index in [1.807, 2.05) is 42.5 Å². The normalized spacial score (nSPS) is 16.3. The van der Waals surface area contributed by atoms with Crippen LogP contribution in [0.5, 0.6) is 23.0 Å². The Bertz CT molecular complexity index is 1570. The highest BCUT2D eigenvalue weighted by molar-refractivity contribution is 6.14. The molecule has 1 amide bonds. The van der Waals surface area contributed by atoms with E-state index < -0.39 is 12.1 Å². The first-order valence-electron chi connectivity index (χ1n) is 13.7. The fourth-order valence-corrected chi connectivity index (χ4v) is 4.64.